The maximum absolute atomic E-state index is 14.0. The number of nitrogens with one attached hydrogen (secondary N) is 1. The molecule has 2 aromatic carbocycles. The van der Waals surface area contributed by atoms with Crippen LogP contribution in [0.25, 0.3) is 11.3 Å². The van der Waals surface area contributed by atoms with Gasteiger partial charge in [-0.3, -0.25) is 4.79 Å². The molecule has 1 saturated carbocycles. The molecule has 1 fully saturated rings. The number of hydrogen-bond donors (Lipinski definition) is 1. The number of anilines is 2. The number of rotatable bonds is 5. The molecule has 1 aromatic heterocycles. The van der Waals surface area contributed by atoms with E-state index >= 15 is 0 Å². The van der Waals surface area contributed by atoms with E-state index in [1.165, 1.54) is 24.3 Å². The highest BCUT2D eigenvalue weighted by Crippen LogP contribution is 2.36. The number of benzene rings is 2. The first-order chi connectivity index (χ1) is 15.0. The molecule has 0 spiro atoms. The number of fused-ring (bicyclic) bond motifs is 1. The molecule has 2 heterocycles. The largest absolute Gasteiger partial charge is 0.340 e. The van der Waals surface area contributed by atoms with Gasteiger partial charge in [0.05, 0.1) is 11.6 Å². The number of nitrogens with zero attached hydrogens (tertiary/aromatic N) is 3. The van der Waals surface area contributed by atoms with Gasteiger partial charge in [0.2, 0.25) is 5.91 Å². The van der Waals surface area contributed by atoms with Crippen LogP contribution in [0.3, 0.4) is 0 Å². The van der Waals surface area contributed by atoms with Crippen LogP contribution < -0.4 is 5.32 Å². The van der Waals surface area contributed by atoms with Gasteiger partial charge in [-0.1, -0.05) is 11.6 Å². The van der Waals surface area contributed by atoms with Crippen LogP contribution in [-0.4, -0.2) is 26.9 Å². The molecule has 0 unspecified atom stereocenters. The quantitative estimate of drug-likeness (QED) is 0.578. The minimum absolute atomic E-state index is 0.0458. The van der Waals surface area contributed by atoms with Crippen molar-refractivity contribution in [3.63, 3.8) is 0 Å². The Morgan fingerprint density at radius 1 is 1.13 bits per heavy atom. The third-order valence-electron chi connectivity index (χ3n) is 5.79. The first kappa shape index (κ1) is 20.0. The monoisotopic (exact) mass is 442 g/mol. The van der Waals surface area contributed by atoms with Crippen LogP contribution >= 0.6 is 11.6 Å². The number of carbonyl (C=O) groups is 1. The highest BCUT2D eigenvalue weighted by atomic mass is 35.5. The summed E-state index contributed by atoms with van der Waals surface area (Å²) in [6.45, 7) is 1.57. The Labute approximate surface area is 183 Å². The zero-order valence-corrected chi connectivity index (χ0v) is 17.5. The van der Waals surface area contributed by atoms with Gasteiger partial charge in [-0.25, -0.2) is 13.8 Å². The Hall–Kier alpha value is -2.93. The number of aromatic nitrogens is 2. The van der Waals surface area contributed by atoms with Gasteiger partial charge < -0.3 is 14.8 Å². The lowest BCUT2D eigenvalue weighted by atomic mass is 10.1. The third-order valence-corrected chi connectivity index (χ3v) is 6.09. The van der Waals surface area contributed by atoms with Crippen molar-refractivity contribution in [2.75, 3.05) is 11.9 Å². The molecule has 31 heavy (non-hydrogen) atoms. The maximum Gasteiger partial charge on any atom is 0.223 e. The van der Waals surface area contributed by atoms with Gasteiger partial charge >= 0.3 is 0 Å². The molecule has 2 aliphatic rings. The van der Waals surface area contributed by atoms with Crippen molar-refractivity contribution in [2.24, 2.45) is 5.92 Å². The molecule has 8 heteroatoms. The van der Waals surface area contributed by atoms with Gasteiger partial charge in [0.15, 0.2) is 0 Å². The Balaban J connectivity index is 1.50. The molecule has 5 nitrogen and oxygen atoms in total. The summed E-state index contributed by atoms with van der Waals surface area (Å²) in [5.41, 5.74) is 1.89. The molecule has 0 atom stereocenters. The van der Waals surface area contributed by atoms with E-state index in [1.54, 1.807) is 18.2 Å². The average molecular weight is 443 g/mol. The van der Waals surface area contributed by atoms with Crippen LogP contribution in [0.5, 0.6) is 0 Å². The van der Waals surface area contributed by atoms with E-state index in [2.05, 4.69) is 5.32 Å². The predicted molar refractivity (Wildman–Crippen MR) is 115 cm³/mol. The number of imidazole rings is 1. The highest BCUT2D eigenvalue weighted by molar-refractivity contribution is 6.30. The summed E-state index contributed by atoms with van der Waals surface area (Å²) in [7, 11) is 0. The fraction of sp³-hybridized carbons (Fsp3) is 0.304. The summed E-state index contributed by atoms with van der Waals surface area (Å²) in [4.78, 5) is 19.2. The first-order valence-electron chi connectivity index (χ1n) is 10.3. The smallest absolute Gasteiger partial charge is 0.223 e. The number of amides is 1. The SMILES string of the molecule is O=C(CC1CC1)N1CCn2c(nc(-c3ccc(F)cc3)c2Nc2ccc(Cl)c(F)c2)C1. The average Bonchev–Trinajstić information content (AvgIpc) is 3.51. The van der Waals surface area contributed by atoms with Gasteiger partial charge in [0.25, 0.3) is 0 Å². The third kappa shape index (κ3) is 4.14. The summed E-state index contributed by atoms with van der Waals surface area (Å²) in [5.74, 6) is 1.25. The standard InChI is InChI=1S/C23H21ClF2N4O/c24-18-8-7-17(12-19(18)26)27-23-22(15-3-5-16(25)6-4-15)28-20-13-29(9-10-30(20)23)21(31)11-14-1-2-14/h3-8,12,14,27H,1-2,9-11,13H2. The van der Waals surface area contributed by atoms with Crippen LogP contribution in [-0.2, 0) is 17.9 Å². The van der Waals surface area contributed by atoms with E-state index in [9.17, 15) is 13.6 Å². The topological polar surface area (TPSA) is 50.2 Å². The summed E-state index contributed by atoms with van der Waals surface area (Å²) in [6, 6.07) is 10.6. The number of carbonyl (C=O) groups excluding carboxylic acids is 1. The van der Waals surface area contributed by atoms with Gasteiger partial charge in [0, 0.05) is 30.8 Å². The summed E-state index contributed by atoms with van der Waals surface area (Å²) in [6.07, 6.45) is 2.87. The van der Waals surface area contributed by atoms with E-state index in [4.69, 9.17) is 16.6 Å². The summed E-state index contributed by atoms with van der Waals surface area (Å²) in [5, 5.41) is 3.30. The van der Waals surface area contributed by atoms with Crippen LogP contribution in [0.1, 0.15) is 25.1 Å². The van der Waals surface area contributed by atoms with E-state index < -0.39 is 5.82 Å². The summed E-state index contributed by atoms with van der Waals surface area (Å²) < 4.78 is 29.5. The van der Waals surface area contributed by atoms with Crippen LogP contribution in [0.2, 0.25) is 5.02 Å². The lowest BCUT2D eigenvalue weighted by Crippen LogP contribution is -2.38. The lowest BCUT2D eigenvalue weighted by Gasteiger charge is -2.28. The molecule has 5 rings (SSSR count). The second-order valence-corrected chi connectivity index (χ2v) is 8.51. The number of hydrogen-bond acceptors (Lipinski definition) is 3. The Morgan fingerprint density at radius 3 is 2.61 bits per heavy atom. The zero-order valence-electron chi connectivity index (χ0n) is 16.7. The lowest BCUT2D eigenvalue weighted by molar-refractivity contribution is -0.133. The van der Waals surface area contributed by atoms with Crippen molar-refractivity contribution in [1.29, 1.82) is 0 Å². The van der Waals surface area contributed by atoms with Gasteiger partial charge in [-0.05, 0) is 61.2 Å². The predicted octanol–water partition coefficient (Wildman–Crippen LogP) is 5.37. The molecule has 1 N–H and O–H groups in total. The van der Waals surface area contributed by atoms with Crippen molar-refractivity contribution in [1.82, 2.24) is 14.5 Å². The molecular weight excluding hydrogens is 422 g/mol. The van der Waals surface area contributed by atoms with E-state index in [0.29, 0.717) is 49.2 Å². The Bertz CT molecular complexity index is 1140. The van der Waals surface area contributed by atoms with Crippen molar-refractivity contribution < 1.29 is 13.6 Å². The molecule has 3 aromatic rings. The van der Waals surface area contributed by atoms with E-state index in [-0.39, 0.29) is 16.7 Å². The van der Waals surface area contributed by atoms with Crippen LogP contribution in [0.4, 0.5) is 20.3 Å². The molecule has 1 aliphatic heterocycles. The van der Waals surface area contributed by atoms with E-state index in [0.717, 1.165) is 24.2 Å². The van der Waals surface area contributed by atoms with Crippen LogP contribution in [0.15, 0.2) is 42.5 Å². The molecule has 1 amide bonds. The van der Waals surface area contributed by atoms with Crippen molar-refractivity contribution in [2.45, 2.75) is 32.4 Å². The van der Waals surface area contributed by atoms with Crippen molar-refractivity contribution in [3.05, 3.63) is 64.9 Å². The van der Waals surface area contributed by atoms with Gasteiger partial charge in [0.1, 0.15) is 29.0 Å². The normalized spacial score (nSPS) is 15.6. The second-order valence-electron chi connectivity index (χ2n) is 8.10. The van der Waals surface area contributed by atoms with Gasteiger partial charge in [-0.15, -0.1) is 0 Å². The van der Waals surface area contributed by atoms with Gasteiger partial charge in [-0.2, -0.15) is 0 Å². The second kappa shape index (κ2) is 7.96. The molecule has 0 bridgehead atoms. The maximum atomic E-state index is 14.0. The molecule has 0 saturated heterocycles. The molecule has 1 aliphatic carbocycles. The minimum Gasteiger partial charge on any atom is -0.340 e. The highest BCUT2D eigenvalue weighted by Gasteiger charge is 2.31. The van der Waals surface area contributed by atoms with Crippen molar-refractivity contribution >= 4 is 29.0 Å². The number of halogens is 3. The summed E-state index contributed by atoms with van der Waals surface area (Å²) >= 11 is 5.81. The minimum atomic E-state index is -0.523. The van der Waals surface area contributed by atoms with Crippen molar-refractivity contribution in [3.8, 4) is 11.3 Å². The zero-order chi connectivity index (χ0) is 21.5. The van der Waals surface area contributed by atoms with Crippen LogP contribution in [0, 0.1) is 17.6 Å². The molecule has 160 valence electrons. The fourth-order valence-corrected chi connectivity index (χ4v) is 4.01. The fourth-order valence-electron chi connectivity index (χ4n) is 3.89. The Morgan fingerprint density at radius 2 is 1.90 bits per heavy atom. The molecule has 0 radical (unpaired) electrons. The molecular formula is C23H21ClF2N4O. The van der Waals surface area contributed by atoms with E-state index in [1.807, 2.05) is 9.47 Å². The first-order valence-corrected chi connectivity index (χ1v) is 10.7. The Kier molecular flexibility index (Phi) is 5.14.